The van der Waals surface area contributed by atoms with Gasteiger partial charge < -0.3 is 18.9 Å². The van der Waals surface area contributed by atoms with E-state index in [1.54, 1.807) is 34.6 Å². The van der Waals surface area contributed by atoms with Gasteiger partial charge in [0.05, 0.1) is 26.4 Å². The fourth-order valence-corrected chi connectivity index (χ4v) is 3.54. The highest BCUT2D eigenvalue weighted by Gasteiger charge is 2.50. The number of unbranched alkanes of at least 4 members (excludes halogenated alkanes) is 1. The number of benzene rings is 1. The predicted octanol–water partition coefficient (Wildman–Crippen LogP) is 3.81. The van der Waals surface area contributed by atoms with Crippen LogP contribution in [0.1, 0.15) is 59.9 Å². The van der Waals surface area contributed by atoms with Crippen molar-refractivity contribution in [2.24, 2.45) is 0 Å². The molecule has 0 saturated heterocycles. The molecular weight excluding hydrogens is 541 g/mol. The van der Waals surface area contributed by atoms with Crippen LogP contribution in [0.4, 0.5) is 0 Å². The molecule has 1 aromatic rings. The number of esters is 3. The number of ether oxygens (including phenoxy) is 4. The van der Waals surface area contributed by atoms with E-state index >= 15 is 0 Å². The van der Waals surface area contributed by atoms with E-state index in [4.69, 9.17) is 18.9 Å². The van der Waals surface area contributed by atoms with Crippen molar-refractivity contribution < 1.29 is 33.3 Å². The molecule has 0 spiro atoms. The Balaban J connectivity index is 3.41. The van der Waals surface area contributed by atoms with Gasteiger partial charge in [0.1, 0.15) is 11.4 Å². The summed E-state index contributed by atoms with van der Waals surface area (Å²) < 4.78 is 22.7. The molecule has 0 aromatic heterocycles. The van der Waals surface area contributed by atoms with Crippen LogP contribution in [0.3, 0.4) is 0 Å². The Morgan fingerprint density at radius 1 is 1.00 bits per heavy atom. The minimum absolute atomic E-state index is 0.0558. The molecule has 1 rings (SSSR count). The van der Waals surface area contributed by atoms with Gasteiger partial charge in [-0.1, -0.05) is 13.3 Å². The van der Waals surface area contributed by atoms with Crippen LogP contribution < -0.4 is 10.1 Å². The van der Waals surface area contributed by atoms with Gasteiger partial charge in [-0.25, -0.2) is 9.59 Å². The van der Waals surface area contributed by atoms with Crippen LogP contribution in [0.2, 0.25) is 0 Å². The van der Waals surface area contributed by atoms with Crippen LogP contribution in [0.25, 0.3) is 0 Å². The molecule has 0 amide bonds. The van der Waals surface area contributed by atoms with Crippen molar-refractivity contribution in [3.63, 3.8) is 0 Å². The molecule has 0 fully saturated rings. The molecule has 9 heteroatoms. The quantitative estimate of drug-likeness (QED) is 0.124. The molecule has 0 unspecified atom stereocenters. The maximum atomic E-state index is 13.2. The summed E-state index contributed by atoms with van der Waals surface area (Å²) in [6.45, 7) is 10.8. The molecule has 186 valence electrons. The number of hydrogen-bond donors (Lipinski definition) is 1. The van der Waals surface area contributed by atoms with E-state index in [0.29, 0.717) is 17.9 Å². The van der Waals surface area contributed by atoms with Gasteiger partial charge in [0, 0.05) is 9.99 Å². The first-order valence-electron chi connectivity index (χ1n) is 11.2. The standard InChI is InChI=1S/C24H36INO7/c1-7-10-13-32-19-12-11-18(25)14-17(19)15-24(21(28)30-8-2,22(29)31-9-3)26-16-20(27)33-23(4,5)6/h11-12,14,26H,7-10,13,15-16H2,1-6H3. The first-order chi connectivity index (χ1) is 15.5. The van der Waals surface area contributed by atoms with E-state index in [0.717, 1.165) is 16.4 Å². The summed E-state index contributed by atoms with van der Waals surface area (Å²) >= 11 is 2.15. The van der Waals surface area contributed by atoms with Crippen LogP contribution >= 0.6 is 22.6 Å². The lowest BCUT2D eigenvalue weighted by Gasteiger charge is -2.31. The highest BCUT2D eigenvalue weighted by molar-refractivity contribution is 14.1. The summed E-state index contributed by atoms with van der Waals surface area (Å²) in [6, 6.07) is 5.53. The van der Waals surface area contributed by atoms with E-state index in [-0.39, 0.29) is 26.2 Å². The first kappa shape index (κ1) is 29.2. The van der Waals surface area contributed by atoms with Crippen molar-refractivity contribution in [2.75, 3.05) is 26.4 Å². The molecule has 0 heterocycles. The second-order valence-electron chi connectivity index (χ2n) is 8.42. The zero-order valence-corrected chi connectivity index (χ0v) is 22.6. The van der Waals surface area contributed by atoms with E-state index in [2.05, 4.69) is 34.8 Å². The van der Waals surface area contributed by atoms with Crippen molar-refractivity contribution in [3.8, 4) is 5.75 Å². The van der Waals surface area contributed by atoms with Gasteiger partial charge in [0.25, 0.3) is 0 Å². The topological polar surface area (TPSA) is 100 Å². The summed E-state index contributed by atoms with van der Waals surface area (Å²) in [5, 5.41) is 2.81. The van der Waals surface area contributed by atoms with Gasteiger partial charge in [-0.15, -0.1) is 0 Å². The number of rotatable bonds is 13. The average Bonchev–Trinajstić information content (AvgIpc) is 2.71. The Kier molecular flexibility index (Phi) is 12.1. The van der Waals surface area contributed by atoms with Crippen LogP contribution in [-0.4, -0.2) is 55.4 Å². The smallest absolute Gasteiger partial charge is 0.338 e. The Morgan fingerprint density at radius 2 is 1.61 bits per heavy atom. The monoisotopic (exact) mass is 577 g/mol. The fraction of sp³-hybridized carbons (Fsp3) is 0.625. The van der Waals surface area contributed by atoms with Crippen LogP contribution in [0, 0.1) is 3.57 Å². The lowest BCUT2D eigenvalue weighted by Crippen LogP contribution is -2.62. The SMILES string of the molecule is CCCCOc1ccc(I)cc1CC(NCC(=O)OC(C)(C)C)(C(=O)OCC)C(=O)OCC. The molecule has 0 aliphatic heterocycles. The second kappa shape index (κ2) is 13.7. The third kappa shape index (κ3) is 9.48. The van der Waals surface area contributed by atoms with Crippen LogP contribution in [0.15, 0.2) is 18.2 Å². The largest absolute Gasteiger partial charge is 0.493 e. The maximum absolute atomic E-state index is 13.2. The molecular formula is C24H36INO7. The van der Waals surface area contributed by atoms with E-state index in [1.807, 2.05) is 18.2 Å². The van der Waals surface area contributed by atoms with E-state index < -0.39 is 29.0 Å². The molecule has 1 N–H and O–H groups in total. The number of halogens is 1. The minimum Gasteiger partial charge on any atom is -0.493 e. The van der Waals surface area contributed by atoms with Gasteiger partial charge in [-0.2, -0.15) is 0 Å². The van der Waals surface area contributed by atoms with Gasteiger partial charge in [0.2, 0.25) is 5.54 Å². The summed E-state index contributed by atoms with van der Waals surface area (Å²) in [7, 11) is 0. The number of carbonyl (C=O) groups is 3. The molecule has 0 radical (unpaired) electrons. The lowest BCUT2D eigenvalue weighted by atomic mass is 9.89. The summed E-state index contributed by atoms with van der Waals surface area (Å²) in [5.74, 6) is -1.71. The molecule has 8 nitrogen and oxygen atoms in total. The zero-order chi connectivity index (χ0) is 25.1. The molecule has 33 heavy (non-hydrogen) atoms. The molecule has 0 bridgehead atoms. The Labute approximate surface area is 210 Å². The van der Waals surface area contributed by atoms with Gasteiger partial charge >= 0.3 is 17.9 Å². The van der Waals surface area contributed by atoms with Gasteiger partial charge in [0.15, 0.2) is 0 Å². The van der Waals surface area contributed by atoms with Crippen LogP contribution in [0.5, 0.6) is 5.75 Å². The third-order valence-corrected chi connectivity index (χ3v) is 5.11. The Bertz CT molecular complexity index is 786. The normalized spacial score (nSPS) is 11.6. The lowest BCUT2D eigenvalue weighted by molar-refractivity contribution is -0.167. The van der Waals surface area contributed by atoms with Crippen LogP contribution in [-0.2, 0) is 35.0 Å². The number of nitrogens with one attached hydrogen (secondary N) is 1. The second-order valence-corrected chi connectivity index (χ2v) is 9.66. The number of hydrogen-bond acceptors (Lipinski definition) is 8. The van der Waals surface area contributed by atoms with Crippen molar-refractivity contribution in [3.05, 3.63) is 27.3 Å². The van der Waals surface area contributed by atoms with E-state index in [1.165, 1.54) is 0 Å². The maximum Gasteiger partial charge on any atom is 0.338 e. The molecule has 0 aliphatic carbocycles. The fourth-order valence-electron chi connectivity index (χ4n) is 2.98. The third-order valence-electron chi connectivity index (χ3n) is 4.44. The van der Waals surface area contributed by atoms with Gasteiger partial charge in [-0.05, 0) is 87.4 Å². The summed E-state index contributed by atoms with van der Waals surface area (Å²) in [5.41, 5.74) is -2.04. The Hall–Kier alpha value is -1.88. The average molecular weight is 577 g/mol. The molecule has 1 aromatic carbocycles. The molecule has 0 atom stereocenters. The minimum atomic E-state index is -1.95. The van der Waals surface area contributed by atoms with Crippen molar-refractivity contribution >= 4 is 40.5 Å². The highest BCUT2D eigenvalue weighted by Crippen LogP contribution is 2.28. The zero-order valence-electron chi connectivity index (χ0n) is 20.4. The first-order valence-corrected chi connectivity index (χ1v) is 12.3. The van der Waals surface area contributed by atoms with Crippen molar-refractivity contribution in [2.45, 2.75) is 71.9 Å². The summed E-state index contributed by atoms with van der Waals surface area (Å²) in [6.07, 6.45) is 1.71. The number of carbonyl (C=O) groups excluding carboxylic acids is 3. The predicted molar refractivity (Wildman–Crippen MR) is 133 cm³/mol. The van der Waals surface area contributed by atoms with Crippen molar-refractivity contribution in [1.29, 1.82) is 0 Å². The molecule has 0 aliphatic rings. The Morgan fingerprint density at radius 3 is 2.12 bits per heavy atom. The van der Waals surface area contributed by atoms with Gasteiger partial charge in [-0.3, -0.25) is 10.1 Å². The molecule has 0 saturated carbocycles. The summed E-state index contributed by atoms with van der Waals surface area (Å²) in [4.78, 5) is 38.7. The van der Waals surface area contributed by atoms with E-state index in [9.17, 15) is 14.4 Å². The highest BCUT2D eigenvalue weighted by atomic mass is 127. The van der Waals surface area contributed by atoms with Crippen molar-refractivity contribution in [1.82, 2.24) is 5.32 Å².